The van der Waals surface area contributed by atoms with Crippen molar-refractivity contribution >= 4 is 5.91 Å². The minimum absolute atomic E-state index is 0.0141. The Kier molecular flexibility index (Phi) is 4.43. The third-order valence-corrected chi connectivity index (χ3v) is 3.72. The number of aromatic hydroxyl groups is 1. The quantitative estimate of drug-likeness (QED) is 0.846. The fourth-order valence-electron chi connectivity index (χ4n) is 2.45. The molecule has 1 aromatic rings. The number of likely N-dealkylation sites (N-methyl/N-ethyl adjacent to an activating group) is 1. The maximum absolute atomic E-state index is 11.8. The summed E-state index contributed by atoms with van der Waals surface area (Å²) in [4.78, 5) is 13.6. The Morgan fingerprint density at radius 1 is 1.42 bits per heavy atom. The highest BCUT2D eigenvalue weighted by Crippen LogP contribution is 2.13. The van der Waals surface area contributed by atoms with E-state index >= 15 is 0 Å². The minimum atomic E-state index is -0.0141. The monoisotopic (exact) mass is 262 g/mol. The number of carbonyl (C=O) groups is 1. The van der Waals surface area contributed by atoms with Gasteiger partial charge in [0.2, 0.25) is 5.91 Å². The number of nitrogens with one attached hydrogen (secondary N) is 1. The molecule has 0 aromatic heterocycles. The maximum Gasteiger partial charge on any atom is 0.239 e. The first-order chi connectivity index (χ1) is 9.06. The Bertz CT molecular complexity index is 430. The van der Waals surface area contributed by atoms with Crippen LogP contribution in [0.15, 0.2) is 24.3 Å². The number of likely N-dealkylation sites (tertiary alicyclic amines) is 1. The van der Waals surface area contributed by atoms with E-state index in [1.807, 2.05) is 19.2 Å². The molecule has 0 aliphatic carbocycles. The van der Waals surface area contributed by atoms with E-state index in [0.29, 0.717) is 11.8 Å². The normalized spacial score (nSPS) is 20.8. The number of amides is 1. The second-order valence-corrected chi connectivity index (χ2v) is 5.37. The van der Waals surface area contributed by atoms with Crippen LogP contribution in [0.1, 0.15) is 25.3 Å². The third kappa shape index (κ3) is 3.70. The first-order valence-corrected chi connectivity index (χ1v) is 6.85. The summed E-state index contributed by atoms with van der Waals surface area (Å²) in [6.07, 6.45) is 2.84. The smallest absolute Gasteiger partial charge is 0.239 e. The van der Waals surface area contributed by atoms with Crippen molar-refractivity contribution in [1.82, 2.24) is 10.2 Å². The topological polar surface area (TPSA) is 52.6 Å². The Balaban J connectivity index is 1.77. The van der Waals surface area contributed by atoms with Crippen molar-refractivity contribution in [1.29, 1.82) is 0 Å². The fourth-order valence-corrected chi connectivity index (χ4v) is 2.45. The molecular formula is C15H22N2O2. The summed E-state index contributed by atoms with van der Waals surface area (Å²) in [5, 5.41) is 12.6. The molecule has 1 saturated heterocycles. The zero-order chi connectivity index (χ0) is 13.8. The third-order valence-electron chi connectivity index (χ3n) is 3.72. The summed E-state index contributed by atoms with van der Waals surface area (Å²) in [5.41, 5.74) is 1.21. The number of phenolic OH excluding ortho intramolecular Hbond substituents is 1. The number of benzene rings is 1. The number of phenols is 1. The van der Waals surface area contributed by atoms with Gasteiger partial charge < -0.3 is 15.3 Å². The van der Waals surface area contributed by atoms with Gasteiger partial charge in [-0.1, -0.05) is 12.1 Å². The van der Waals surface area contributed by atoms with Crippen molar-refractivity contribution in [2.75, 3.05) is 13.6 Å². The summed E-state index contributed by atoms with van der Waals surface area (Å²) in [6, 6.07) is 7.60. The molecular weight excluding hydrogens is 240 g/mol. The van der Waals surface area contributed by atoms with Gasteiger partial charge in [-0.3, -0.25) is 4.79 Å². The molecule has 1 aliphatic heterocycles. The number of hydrogen-bond donors (Lipinski definition) is 2. The molecule has 0 radical (unpaired) electrons. The second kappa shape index (κ2) is 6.06. The minimum Gasteiger partial charge on any atom is -0.508 e. The Morgan fingerprint density at radius 2 is 2.11 bits per heavy atom. The van der Waals surface area contributed by atoms with Gasteiger partial charge in [-0.05, 0) is 43.9 Å². The number of carbonyl (C=O) groups excluding carboxylic acids is 1. The summed E-state index contributed by atoms with van der Waals surface area (Å²) >= 11 is 0. The van der Waals surface area contributed by atoms with Crippen molar-refractivity contribution in [2.45, 2.75) is 38.3 Å². The van der Waals surface area contributed by atoms with Crippen molar-refractivity contribution in [3.05, 3.63) is 29.8 Å². The molecule has 104 valence electrons. The largest absolute Gasteiger partial charge is 0.508 e. The van der Waals surface area contributed by atoms with Gasteiger partial charge in [-0.15, -0.1) is 0 Å². The van der Waals surface area contributed by atoms with Crippen LogP contribution in [0, 0.1) is 0 Å². The Morgan fingerprint density at radius 3 is 2.68 bits per heavy atom. The van der Waals surface area contributed by atoms with E-state index in [4.69, 9.17) is 0 Å². The number of nitrogens with zero attached hydrogens (tertiary/aromatic N) is 1. The Labute approximate surface area is 114 Å². The van der Waals surface area contributed by atoms with E-state index in [0.717, 1.165) is 25.8 Å². The highest BCUT2D eigenvalue weighted by atomic mass is 16.3. The number of hydrogen-bond acceptors (Lipinski definition) is 3. The zero-order valence-corrected chi connectivity index (χ0v) is 11.6. The molecule has 1 aliphatic rings. The molecule has 2 rings (SSSR count). The van der Waals surface area contributed by atoms with Gasteiger partial charge in [0, 0.05) is 19.6 Å². The second-order valence-electron chi connectivity index (χ2n) is 5.37. The van der Waals surface area contributed by atoms with Gasteiger partial charge in [-0.25, -0.2) is 0 Å². The molecule has 19 heavy (non-hydrogen) atoms. The molecule has 0 bridgehead atoms. The van der Waals surface area contributed by atoms with Crippen molar-refractivity contribution in [3.8, 4) is 5.75 Å². The average Bonchev–Trinajstić information content (AvgIpc) is 2.70. The van der Waals surface area contributed by atoms with Crippen LogP contribution in [-0.4, -0.2) is 41.6 Å². The van der Waals surface area contributed by atoms with Crippen LogP contribution in [0.3, 0.4) is 0 Å². The summed E-state index contributed by atoms with van der Waals surface area (Å²) in [6.45, 7) is 2.97. The first kappa shape index (κ1) is 13.9. The van der Waals surface area contributed by atoms with E-state index in [1.165, 1.54) is 5.56 Å². The molecule has 0 spiro atoms. The lowest BCUT2D eigenvalue weighted by Gasteiger charge is -2.18. The van der Waals surface area contributed by atoms with E-state index in [2.05, 4.69) is 12.2 Å². The lowest BCUT2D eigenvalue weighted by Crippen LogP contribution is -2.41. The van der Waals surface area contributed by atoms with E-state index in [9.17, 15) is 9.90 Å². The number of rotatable bonds is 5. The van der Waals surface area contributed by atoms with Crippen LogP contribution >= 0.6 is 0 Å². The average molecular weight is 262 g/mol. The maximum atomic E-state index is 11.8. The lowest BCUT2D eigenvalue weighted by molar-refractivity contribution is -0.128. The summed E-state index contributed by atoms with van der Waals surface area (Å²) in [5.74, 6) is 0.506. The molecule has 2 atom stereocenters. The van der Waals surface area contributed by atoms with Gasteiger partial charge in [0.1, 0.15) is 5.75 Å². The molecule has 1 heterocycles. The predicted molar refractivity (Wildman–Crippen MR) is 75.1 cm³/mol. The molecule has 1 aromatic carbocycles. The highest BCUT2D eigenvalue weighted by molar-refractivity contribution is 5.83. The van der Waals surface area contributed by atoms with Gasteiger partial charge >= 0.3 is 0 Å². The standard InChI is InChI=1S/C15H22N2O2/c1-11(16-14-9-10-17(2)15(14)19)3-4-12-5-7-13(18)8-6-12/h5-8,11,14,16,18H,3-4,9-10H2,1-2H3/t11-,14+/m1/s1. The SMILES string of the molecule is C[C@H](CCc1ccc(O)cc1)N[C@H]1CCN(C)C1=O. The van der Waals surface area contributed by atoms with Gasteiger partial charge in [-0.2, -0.15) is 0 Å². The van der Waals surface area contributed by atoms with E-state index < -0.39 is 0 Å². The van der Waals surface area contributed by atoms with Crippen LogP contribution in [0.5, 0.6) is 5.75 Å². The Hall–Kier alpha value is -1.55. The van der Waals surface area contributed by atoms with Gasteiger partial charge in [0.15, 0.2) is 0 Å². The predicted octanol–water partition coefficient (Wildman–Crippen LogP) is 1.53. The molecule has 1 amide bonds. The highest BCUT2D eigenvalue weighted by Gasteiger charge is 2.29. The van der Waals surface area contributed by atoms with Crippen molar-refractivity contribution in [3.63, 3.8) is 0 Å². The summed E-state index contributed by atoms with van der Waals surface area (Å²) < 4.78 is 0. The molecule has 1 fully saturated rings. The van der Waals surface area contributed by atoms with Crippen LogP contribution in [0.4, 0.5) is 0 Å². The van der Waals surface area contributed by atoms with Crippen molar-refractivity contribution in [2.24, 2.45) is 0 Å². The van der Waals surface area contributed by atoms with Crippen molar-refractivity contribution < 1.29 is 9.90 Å². The van der Waals surface area contributed by atoms with Gasteiger partial charge in [0.25, 0.3) is 0 Å². The zero-order valence-electron chi connectivity index (χ0n) is 11.6. The molecule has 4 heteroatoms. The van der Waals surface area contributed by atoms with Crippen LogP contribution in [0.2, 0.25) is 0 Å². The van der Waals surface area contributed by atoms with E-state index in [1.54, 1.807) is 17.0 Å². The van der Waals surface area contributed by atoms with E-state index in [-0.39, 0.29) is 11.9 Å². The summed E-state index contributed by atoms with van der Waals surface area (Å²) in [7, 11) is 1.85. The lowest BCUT2D eigenvalue weighted by atomic mass is 10.1. The molecule has 2 N–H and O–H groups in total. The molecule has 0 unspecified atom stereocenters. The van der Waals surface area contributed by atoms with Crippen LogP contribution in [-0.2, 0) is 11.2 Å². The molecule has 4 nitrogen and oxygen atoms in total. The van der Waals surface area contributed by atoms with Crippen LogP contribution in [0.25, 0.3) is 0 Å². The van der Waals surface area contributed by atoms with Crippen LogP contribution < -0.4 is 5.32 Å². The fraction of sp³-hybridized carbons (Fsp3) is 0.533. The molecule has 0 saturated carbocycles. The first-order valence-electron chi connectivity index (χ1n) is 6.85. The number of aryl methyl sites for hydroxylation is 1. The van der Waals surface area contributed by atoms with Gasteiger partial charge in [0.05, 0.1) is 6.04 Å².